The van der Waals surface area contributed by atoms with Gasteiger partial charge in [-0.05, 0) is 50.3 Å². The Morgan fingerprint density at radius 2 is 2.15 bits per heavy atom. The van der Waals surface area contributed by atoms with Crippen molar-refractivity contribution in [3.8, 4) is 12.1 Å². The Balaban J connectivity index is 1.29. The van der Waals surface area contributed by atoms with E-state index < -0.39 is 17.4 Å². The van der Waals surface area contributed by atoms with Crippen LogP contribution >= 0.6 is 0 Å². The van der Waals surface area contributed by atoms with Crippen LogP contribution in [-0.4, -0.2) is 70.1 Å². The first-order valence-corrected chi connectivity index (χ1v) is 14.7. The van der Waals surface area contributed by atoms with Gasteiger partial charge in [-0.3, -0.25) is 4.90 Å². The van der Waals surface area contributed by atoms with Crippen molar-refractivity contribution in [1.82, 2.24) is 14.9 Å². The summed E-state index contributed by atoms with van der Waals surface area (Å²) in [4.78, 5) is 14.1. The molecule has 10 heteroatoms. The number of hydrogen-bond donors (Lipinski definition) is 2. The van der Waals surface area contributed by atoms with Crippen molar-refractivity contribution in [1.29, 1.82) is 5.26 Å². The molecule has 1 aromatic heterocycles. The molecule has 216 valence electrons. The molecular formula is C31H37FN6O3. The smallest absolute Gasteiger partial charge is 0.318 e. The normalized spacial score (nSPS) is 34.0. The zero-order valence-corrected chi connectivity index (χ0v) is 23.7. The molecular weight excluding hydrogens is 523 g/mol. The minimum absolute atomic E-state index is 0.111. The number of nitrogen functional groups attached to an aromatic ring is 1. The summed E-state index contributed by atoms with van der Waals surface area (Å²) in [6, 6.07) is 6.36. The molecule has 7 rings (SSSR count). The van der Waals surface area contributed by atoms with Gasteiger partial charge in [0.05, 0.1) is 29.0 Å². The van der Waals surface area contributed by atoms with Crippen LogP contribution in [0.5, 0.6) is 6.01 Å². The number of alkyl halides is 1. The molecule has 0 radical (unpaired) electrons. The number of nitrogens with two attached hydrogens (primary N) is 1. The molecule has 9 nitrogen and oxygen atoms in total. The average molecular weight is 561 g/mol. The summed E-state index contributed by atoms with van der Waals surface area (Å²) in [6.07, 6.45) is 6.72. The number of halogens is 1. The zero-order valence-electron chi connectivity index (χ0n) is 23.7. The second-order valence-electron chi connectivity index (χ2n) is 12.9. The monoisotopic (exact) mass is 560 g/mol. The fraction of sp³-hybridized carbons (Fsp3) is 0.581. The van der Waals surface area contributed by atoms with Crippen LogP contribution in [0.3, 0.4) is 0 Å². The maximum Gasteiger partial charge on any atom is 0.318 e. The largest absolute Gasteiger partial charge is 0.461 e. The van der Waals surface area contributed by atoms with Crippen LogP contribution in [0.15, 0.2) is 24.3 Å². The minimum atomic E-state index is -0.900. The Morgan fingerprint density at radius 3 is 2.93 bits per heavy atom. The lowest BCUT2D eigenvalue weighted by molar-refractivity contribution is -0.0400. The second kappa shape index (κ2) is 9.38. The van der Waals surface area contributed by atoms with Gasteiger partial charge in [0.1, 0.15) is 30.3 Å². The van der Waals surface area contributed by atoms with Gasteiger partial charge in [-0.2, -0.15) is 15.2 Å². The molecule has 4 aliphatic heterocycles. The Morgan fingerprint density at radius 1 is 1.29 bits per heavy atom. The number of nitrogens with zero attached hydrogens (tertiary/aromatic N) is 5. The number of rotatable bonds is 4. The zero-order chi connectivity index (χ0) is 28.6. The quantitative estimate of drug-likeness (QED) is 0.428. The van der Waals surface area contributed by atoms with E-state index in [1.807, 2.05) is 19.1 Å². The predicted octanol–water partition coefficient (Wildman–Crippen LogP) is 3.49. The van der Waals surface area contributed by atoms with E-state index in [0.29, 0.717) is 62.6 Å². The van der Waals surface area contributed by atoms with E-state index in [1.165, 1.54) is 0 Å². The van der Waals surface area contributed by atoms with E-state index in [1.54, 1.807) is 6.07 Å². The number of benzene rings is 1. The fourth-order valence-corrected chi connectivity index (χ4v) is 7.73. The highest BCUT2D eigenvalue weighted by atomic mass is 19.1. The number of aromatic nitrogens is 2. The Kier molecular flexibility index (Phi) is 6.09. The van der Waals surface area contributed by atoms with Crippen LogP contribution < -0.4 is 15.4 Å². The van der Waals surface area contributed by atoms with E-state index in [-0.39, 0.29) is 24.1 Å². The highest BCUT2D eigenvalue weighted by Gasteiger charge is 2.50. The summed E-state index contributed by atoms with van der Waals surface area (Å²) in [7, 11) is 0. The van der Waals surface area contributed by atoms with Crippen molar-refractivity contribution >= 4 is 11.5 Å². The Labute approximate surface area is 239 Å². The van der Waals surface area contributed by atoms with Crippen molar-refractivity contribution in [2.24, 2.45) is 0 Å². The fourth-order valence-electron chi connectivity index (χ4n) is 7.73. The van der Waals surface area contributed by atoms with Gasteiger partial charge in [0, 0.05) is 49.3 Å². The van der Waals surface area contributed by atoms with Crippen molar-refractivity contribution in [2.45, 2.75) is 81.4 Å². The molecule has 0 saturated carbocycles. The molecule has 3 N–H and O–H groups in total. The van der Waals surface area contributed by atoms with Crippen molar-refractivity contribution < 1.29 is 19.0 Å². The summed E-state index contributed by atoms with van der Waals surface area (Å²) in [5.74, 6) is 0.814. The standard InChI is InChI=1S/C31H37FN6O3/c1-19-6-8-31(26-21(19)4-5-24(34)22(26)14-33)13-25-23(16-41-31)27(37-11-9-29(2,39)17-37)36-28(35-25)40-18-30-7-3-10-38(30)15-20(32)12-30/h4-6,8,19-20,39H,3,7,9-13,15-18,34H2,1-2H3. The van der Waals surface area contributed by atoms with Gasteiger partial charge < -0.3 is 25.2 Å². The molecule has 3 saturated heterocycles. The number of anilines is 2. The first kappa shape index (κ1) is 26.6. The molecule has 5 heterocycles. The molecule has 5 unspecified atom stereocenters. The van der Waals surface area contributed by atoms with Crippen LogP contribution in [0, 0.1) is 11.3 Å². The molecule has 1 aliphatic carbocycles. The van der Waals surface area contributed by atoms with Crippen LogP contribution in [-0.2, 0) is 23.4 Å². The van der Waals surface area contributed by atoms with Crippen molar-refractivity contribution in [3.63, 3.8) is 0 Å². The van der Waals surface area contributed by atoms with Gasteiger partial charge in [0.25, 0.3) is 0 Å². The van der Waals surface area contributed by atoms with Gasteiger partial charge in [0.2, 0.25) is 0 Å². The van der Waals surface area contributed by atoms with Crippen LogP contribution in [0.1, 0.15) is 73.4 Å². The molecule has 5 atom stereocenters. The average Bonchev–Trinajstić information content (AvgIpc) is 3.60. The summed E-state index contributed by atoms with van der Waals surface area (Å²) >= 11 is 0. The summed E-state index contributed by atoms with van der Waals surface area (Å²) < 4.78 is 27.4. The number of fused-ring (bicyclic) bond motifs is 4. The number of allylic oxidation sites excluding steroid dienone is 1. The summed E-state index contributed by atoms with van der Waals surface area (Å²) in [5, 5.41) is 20.9. The first-order valence-electron chi connectivity index (χ1n) is 14.7. The topological polar surface area (TPSA) is 121 Å². The third-order valence-electron chi connectivity index (χ3n) is 9.89. The maximum absolute atomic E-state index is 14.4. The lowest BCUT2D eigenvalue weighted by Crippen LogP contribution is -2.44. The van der Waals surface area contributed by atoms with Crippen LogP contribution in [0.25, 0.3) is 0 Å². The lowest BCUT2D eigenvalue weighted by Gasteiger charge is -2.41. The highest BCUT2D eigenvalue weighted by Crippen LogP contribution is 2.48. The molecule has 1 spiro atoms. The van der Waals surface area contributed by atoms with Crippen LogP contribution in [0.4, 0.5) is 15.9 Å². The highest BCUT2D eigenvalue weighted by molar-refractivity contribution is 5.66. The molecule has 3 fully saturated rings. The number of ether oxygens (including phenoxy) is 2. The van der Waals surface area contributed by atoms with Gasteiger partial charge in [-0.25, -0.2) is 4.39 Å². The van der Waals surface area contributed by atoms with Gasteiger partial charge in [-0.15, -0.1) is 0 Å². The van der Waals surface area contributed by atoms with E-state index in [0.717, 1.165) is 41.8 Å². The van der Waals surface area contributed by atoms with Crippen LogP contribution in [0.2, 0.25) is 0 Å². The number of β-amino-alcohol motifs (C(OH)–C–C–N with tert-alkyl or cyclic N) is 1. The predicted molar refractivity (Wildman–Crippen MR) is 151 cm³/mol. The maximum atomic E-state index is 14.4. The van der Waals surface area contributed by atoms with Crippen molar-refractivity contribution in [2.75, 3.05) is 43.4 Å². The van der Waals surface area contributed by atoms with Crippen molar-refractivity contribution in [3.05, 3.63) is 52.2 Å². The van der Waals surface area contributed by atoms with Gasteiger partial charge in [-0.1, -0.05) is 25.1 Å². The third-order valence-corrected chi connectivity index (χ3v) is 9.89. The Bertz CT molecular complexity index is 1470. The molecule has 1 aromatic carbocycles. The second-order valence-corrected chi connectivity index (χ2v) is 12.9. The molecule has 0 bridgehead atoms. The minimum Gasteiger partial charge on any atom is -0.461 e. The third kappa shape index (κ3) is 4.28. The molecule has 41 heavy (non-hydrogen) atoms. The van der Waals surface area contributed by atoms with E-state index in [2.05, 4.69) is 28.9 Å². The number of nitriles is 1. The van der Waals surface area contributed by atoms with E-state index >= 15 is 0 Å². The summed E-state index contributed by atoms with van der Waals surface area (Å²) in [6.45, 7) is 6.94. The number of aliphatic hydroxyl groups is 1. The SMILES string of the molecule is CC1C=CC2(Cc3nc(OCC45CCCN4CC(F)C5)nc(N4CCC(C)(O)C4)c3CO2)c2c1ccc(N)c2C#N. The van der Waals surface area contributed by atoms with E-state index in [4.69, 9.17) is 25.2 Å². The molecule has 0 amide bonds. The lowest BCUT2D eigenvalue weighted by atomic mass is 9.73. The van der Waals surface area contributed by atoms with E-state index in [9.17, 15) is 14.8 Å². The first-order chi connectivity index (χ1) is 19.6. The Hall–Kier alpha value is -3.26. The number of hydrogen-bond acceptors (Lipinski definition) is 9. The van der Waals surface area contributed by atoms with Gasteiger partial charge >= 0.3 is 6.01 Å². The van der Waals surface area contributed by atoms with Gasteiger partial charge in [0.15, 0.2) is 0 Å². The molecule has 2 aromatic rings. The molecule has 5 aliphatic rings. The summed E-state index contributed by atoms with van der Waals surface area (Å²) in [5.41, 5.74) is 8.58.